The van der Waals surface area contributed by atoms with Crippen LogP contribution in [0.1, 0.15) is 17.0 Å². The molecule has 0 spiro atoms. The molecule has 1 unspecified atom stereocenters. The third-order valence-electron chi connectivity index (χ3n) is 5.73. The number of ether oxygens (including phenoxy) is 2. The maximum absolute atomic E-state index is 5.92. The summed E-state index contributed by atoms with van der Waals surface area (Å²) < 4.78 is 11.6. The highest BCUT2D eigenvalue weighted by Gasteiger charge is 2.29. The van der Waals surface area contributed by atoms with Gasteiger partial charge in [-0.05, 0) is 35.8 Å². The van der Waals surface area contributed by atoms with Gasteiger partial charge < -0.3 is 14.4 Å². The molecule has 0 amide bonds. The molecule has 0 radical (unpaired) electrons. The largest absolute Gasteiger partial charge is 0.483 e. The number of hydrogen-bond donors (Lipinski definition) is 0. The standard InChI is InChI=1S/C22H24N2O2/c1-2-6-19-17(5-1)15-18(19)16-23-9-11-24(12-10-23)20-7-3-8-21-22(20)26-14-4-13-25-21/h1-8,13,18H,9-12,14-16H2. The second-order valence-electron chi connectivity index (χ2n) is 7.29. The minimum atomic E-state index is 0.561. The zero-order valence-corrected chi connectivity index (χ0v) is 14.9. The van der Waals surface area contributed by atoms with Gasteiger partial charge in [0.2, 0.25) is 0 Å². The van der Waals surface area contributed by atoms with Crippen LogP contribution in [0.3, 0.4) is 0 Å². The summed E-state index contributed by atoms with van der Waals surface area (Å²) in [6.45, 7) is 6.00. The number of hydrogen-bond acceptors (Lipinski definition) is 4. The monoisotopic (exact) mass is 348 g/mol. The Hall–Kier alpha value is -2.46. The average Bonchev–Trinajstić information content (AvgIpc) is 2.92. The van der Waals surface area contributed by atoms with Gasteiger partial charge in [-0.3, -0.25) is 4.90 Å². The van der Waals surface area contributed by atoms with Gasteiger partial charge in [-0.25, -0.2) is 0 Å². The maximum atomic E-state index is 5.92. The fourth-order valence-electron chi connectivity index (χ4n) is 4.29. The highest BCUT2D eigenvalue weighted by Crippen LogP contribution is 2.40. The molecule has 0 bridgehead atoms. The highest BCUT2D eigenvalue weighted by atomic mass is 16.5. The van der Waals surface area contributed by atoms with E-state index in [1.807, 2.05) is 18.2 Å². The van der Waals surface area contributed by atoms with Crippen LogP contribution >= 0.6 is 0 Å². The van der Waals surface area contributed by atoms with E-state index in [9.17, 15) is 0 Å². The van der Waals surface area contributed by atoms with Crippen molar-refractivity contribution in [3.05, 3.63) is 65.9 Å². The quantitative estimate of drug-likeness (QED) is 0.848. The molecule has 2 heterocycles. The summed E-state index contributed by atoms with van der Waals surface area (Å²) in [6, 6.07) is 15.0. The number of rotatable bonds is 3. The summed E-state index contributed by atoms with van der Waals surface area (Å²) in [7, 11) is 0. The van der Waals surface area contributed by atoms with Crippen LogP contribution in [0, 0.1) is 0 Å². The topological polar surface area (TPSA) is 24.9 Å². The molecular formula is C22H24N2O2. The maximum Gasteiger partial charge on any atom is 0.185 e. The molecule has 134 valence electrons. The Balaban J connectivity index is 1.23. The van der Waals surface area contributed by atoms with Gasteiger partial charge in [-0.2, -0.15) is 0 Å². The Morgan fingerprint density at radius 1 is 0.962 bits per heavy atom. The van der Waals surface area contributed by atoms with Crippen LogP contribution < -0.4 is 14.4 Å². The Labute approximate surface area is 154 Å². The van der Waals surface area contributed by atoms with Crippen LogP contribution in [-0.4, -0.2) is 44.2 Å². The van der Waals surface area contributed by atoms with Gasteiger partial charge in [0.05, 0.1) is 11.9 Å². The second kappa shape index (κ2) is 6.69. The second-order valence-corrected chi connectivity index (χ2v) is 7.29. The zero-order chi connectivity index (χ0) is 17.3. The predicted octanol–water partition coefficient (Wildman–Crippen LogP) is 3.43. The molecule has 1 atom stereocenters. The van der Waals surface area contributed by atoms with E-state index in [-0.39, 0.29) is 0 Å². The summed E-state index contributed by atoms with van der Waals surface area (Å²) in [6.07, 6.45) is 4.85. The molecule has 2 aliphatic heterocycles. The van der Waals surface area contributed by atoms with Gasteiger partial charge in [-0.15, -0.1) is 0 Å². The number of nitrogens with zero attached hydrogens (tertiary/aromatic N) is 2. The van der Waals surface area contributed by atoms with Crippen molar-refractivity contribution in [2.75, 3.05) is 44.2 Å². The first-order chi connectivity index (χ1) is 12.9. The van der Waals surface area contributed by atoms with Crippen molar-refractivity contribution >= 4 is 5.69 Å². The van der Waals surface area contributed by atoms with E-state index >= 15 is 0 Å². The van der Waals surface area contributed by atoms with Gasteiger partial charge in [0.1, 0.15) is 6.61 Å². The molecule has 2 aromatic carbocycles. The average molecular weight is 348 g/mol. The van der Waals surface area contributed by atoms with Gasteiger partial charge >= 0.3 is 0 Å². The number of benzene rings is 2. The van der Waals surface area contributed by atoms with Crippen molar-refractivity contribution in [1.29, 1.82) is 0 Å². The number of para-hydroxylation sites is 1. The van der Waals surface area contributed by atoms with E-state index in [2.05, 4.69) is 40.1 Å². The lowest BCUT2D eigenvalue weighted by molar-refractivity contribution is 0.233. The van der Waals surface area contributed by atoms with Crippen molar-refractivity contribution in [3.8, 4) is 11.5 Å². The third-order valence-corrected chi connectivity index (χ3v) is 5.73. The minimum Gasteiger partial charge on any atom is -0.483 e. The smallest absolute Gasteiger partial charge is 0.185 e. The van der Waals surface area contributed by atoms with Crippen LogP contribution in [0.15, 0.2) is 54.8 Å². The van der Waals surface area contributed by atoms with E-state index in [0.717, 1.165) is 43.4 Å². The van der Waals surface area contributed by atoms with Crippen LogP contribution in [0.5, 0.6) is 11.5 Å². The molecule has 1 aliphatic carbocycles. The van der Waals surface area contributed by atoms with Crippen LogP contribution in [0.4, 0.5) is 5.69 Å². The Kier molecular flexibility index (Phi) is 4.06. The normalized spacial score (nSPS) is 21.7. The fourth-order valence-corrected chi connectivity index (χ4v) is 4.29. The molecule has 0 aromatic heterocycles. The molecule has 4 heteroatoms. The lowest BCUT2D eigenvalue weighted by Gasteiger charge is -2.40. The van der Waals surface area contributed by atoms with E-state index in [4.69, 9.17) is 9.47 Å². The minimum absolute atomic E-state index is 0.561. The SMILES string of the molecule is C1=COc2cccc(N3CCN(CC4Cc5ccccc54)CC3)c2OC1. The van der Waals surface area contributed by atoms with Crippen LogP contribution in [-0.2, 0) is 6.42 Å². The Bertz CT molecular complexity index is 825. The molecule has 26 heavy (non-hydrogen) atoms. The highest BCUT2D eigenvalue weighted by molar-refractivity contribution is 5.65. The van der Waals surface area contributed by atoms with E-state index < -0.39 is 0 Å². The van der Waals surface area contributed by atoms with Crippen molar-refractivity contribution in [1.82, 2.24) is 4.90 Å². The van der Waals surface area contributed by atoms with Crippen LogP contribution in [0.2, 0.25) is 0 Å². The lowest BCUT2D eigenvalue weighted by atomic mass is 9.77. The first-order valence-electron chi connectivity index (χ1n) is 9.51. The van der Waals surface area contributed by atoms with Gasteiger partial charge in [0, 0.05) is 38.6 Å². The van der Waals surface area contributed by atoms with Crippen LogP contribution in [0.25, 0.3) is 0 Å². The Morgan fingerprint density at radius 2 is 1.85 bits per heavy atom. The molecule has 1 fully saturated rings. The van der Waals surface area contributed by atoms with Crippen molar-refractivity contribution in [3.63, 3.8) is 0 Å². The fraction of sp³-hybridized carbons (Fsp3) is 0.364. The first-order valence-corrected chi connectivity index (χ1v) is 9.51. The lowest BCUT2D eigenvalue weighted by Crippen LogP contribution is -2.48. The van der Waals surface area contributed by atoms with E-state index in [0.29, 0.717) is 12.5 Å². The predicted molar refractivity (Wildman–Crippen MR) is 103 cm³/mol. The molecule has 1 saturated heterocycles. The number of anilines is 1. The molecular weight excluding hydrogens is 324 g/mol. The van der Waals surface area contributed by atoms with Crippen molar-refractivity contribution in [2.45, 2.75) is 12.3 Å². The van der Waals surface area contributed by atoms with E-state index in [1.165, 1.54) is 18.5 Å². The summed E-state index contributed by atoms with van der Waals surface area (Å²) in [5.74, 6) is 2.40. The molecule has 0 saturated carbocycles. The van der Waals surface area contributed by atoms with Crippen molar-refractivity contribution < 1.29 is 9.47 Å². The first kappa shape index (κ1) is 15.8. The van der Waals surface area contributed by atoms with Gasteiger partial charge in [0.25, 0.3) is 0 Å². The van der Waals surface area contributed by atoms with Gasteiger partial charge in [0.15, 0.2) is 11.5 Å². The van der Waals surface area contributed by atoms with Gasteiger partial charge in [-0.1, -0.05) is 30.3 Å². The van der Waals surface area contributed by atoms with E-state index in [1.54, 1.807) is 11.8 Å². The zero-order valence-electron chi connectivity index (χ0n) is 14.9. The molecule has 0 N–H and O–H groups in total. The molecule has 4 nitrogen and oxygen atoms in total. The molecule has 5 rings (SSSR count). The summed E-state index contributed by atoms with van der Waals surface area (Å²) >= 11 is 0. The molecule has 2 aromatic rings. The van der Waals surface area contributed by atoms with Crippen molar-refractivity contribution in [2.24, 2.45) is 0 Å². The summed E-state index contributed by atoms with van der Waals surface area (Å²) in [5.41, 5.74) is 4.25. The third kappa shape index (κ3) is 2.84. The number of fused-ring (bicyclic) bond motifs is 2. The Morgan fingerprint density at radius 3 is 2.73 bits per heavy atom. The molecule has 3 aliphatic rings. The number of piperazine rings is 1. The summed E-state index contributed by atoms with van der Waals surface area (Å²) in [4.78, 5) is 5.04. The summed E-state index contributed by atoms with van der Waals surface area (Å²) in [5, 5.41) is 0.